The van der Waals surface area contributed by atoms with Crippen LogP contribution >= 0.6 is 11.6 Å². The van der Waals surface area contributed by atoms with Gasteiger partial charge in [-0.2, -0.15) is 0 Å². The van der Waals surface area contributed by atoms with E-state index in [1.807, 2.05) is 0 Å². The minimum atomic E-state index is -4.00. The summed E-state index contributed by atoms with van der Waals surface area (Å²) >= 11 is 5.84. The first kappa shape index (κ1) is 21.7. The van der Waals surface area contributed by atoms with Crippen LogP contribution in [0.5, 0.6) is 0 Å². The van der Waals surface area contributed by atoms with E-state index >= 15 is 0 Å². The topological polar surface area (TPSA) is 66.5 Å². The van der Waals surface area contributed by atoms with Crippen LogP contribution in [0.4, 0.5) is 14.5 Å². The average molecular weight is 451 g/mol. The fourth-order valence-corrected chi connectivity index (χ4v) is 4.29. The summed E-state index contributed by atoms with van der Waals surface area (Å²) in [5.41, 5.74) is 0.479. The van der Waals surface area contributed by atoms with Crippen LogP contribution in [-0.2, 0) is 10.0 Å². The van der Waals surface area contributed by atoms with Gasteiger partial charge in [0.2, 0.25) is 0 Å². The average Bonchev–Trinajstić information content (AvgIpc) is 2.72. The highest BCUT2D eigenvalue weighted by atomic mass is 35.5. The molecule has 0 fully saturated rings. The number of benzene rings is 3. The van der Waals surface area contributed by atoms with E-state index in [1.54, 1.807) is 0 Å². The number of anilines is 1. The van der Waals surface area contributed by atoms with E-state index in [0.717, 1.165) is 28.6 Å². The van der Waals surface area contributed by atoms with Gasteiger partial charge < -0.3 is 5.32 Å². The summed E-state index contributed by atoms with van der Waals surface area (Å²) in [6.07, 6.45) is 0. The van der Waals surface area contributed by atoms with Gasteiger partial charge in [-0.15, -0.1) is 0 Å². The molecule has 3 aromatic rings. The van der Waals surface area contributed by atoms with E-state index in [0.29, 0.717) is 5.02 Å². The van der Waals surface area contributed by atoms with E-state index in [2.05, 4.69) is 5.32 Å². The molecule has 5 nitrogen and oxygen atoms in total. The van der Waals surface area contributed by atoms with Crippen molar-refractivity contribution in [1.82, 2.24) is 5.32 Å². The van der Waals surface area contributed by atoms with Gasteiger partial charge in [-0.1, -0.05) is 11.6 Å². The summed E-state index contributed by atoms with van der Waals surface area (Å²) in [5, 5.41) is 2.98. The van der Waals surface area contributed by atoms with Crippen LogP contribution in [0.1, 0.15) is 10.4 Å². The van der Waals surface area contributed by atoms with Crippen LogP contribution in [0.3, 0.4) is 0 Å². The number of rotatable bonds is 7. The van der Waals surface area contributed by atoms with E-state index in [9.17, 15) is 22.0 Å². The molecule has 0 bridgehead atoms. The molecule has 0 heterocycles. The van der Waals surface area contributed by atoms with Gasteiger partial charge in [0.05, 0.1) is 17.1 Å². The maximum absolute atomic E-state index is 13.3. The van der Waals surface area contributed by atoms with Gasteiger partial charge in [-0.25, -0.2) is 17.2 Å². The van der Waals surface area contributed by atoms with Crippen molar-refractivity contribution in [3.63, 3.8) is 0 Å². The Morgan fingerprint density at radius 2 is 1.40 bits per heavy atom. The maximum Gasteiger partial charge on any atom is 0.264 e. The highest BCUT2D eigenvalue weighted by molar-refractivity contribution is 7.92. The van der Waals surface area contributed by atoms with Crippen LogP contribution in [0.15, 0.2) is 77.7 Å². The minimum absolute atomic E-state index is 0.00101. The lowest BCUT2D eigenvalue weighted by Gasteiger charge is -2.25. The zero-order valence-electron chi connectivity index (χ0n) is 15.6. The predicted octanol–water partition coefficient (Wildman–Crippen LogP) is 4.24. The molecule has 1 N–H and O–H groups in total. The Bertz CT molecular complexity index is 1120. The van der Waals surface area contributed by atoms with Gasteiger partial charge in [-0.3, -0.25) is 9.10 Å². The first-order chi connectivity index (χ1) is 14.3. The molecule has 0 spiro atoms. The zero-order chi connectivity index (χ0) is 21.7. The molecule has 0 saturated carbocycles. The summed E-state index contributed by atoms with van der Waals surface area (Å²) < 4.78 is 53.7. The standard InChI is InChI=1S/C21H17ClF2N2O3S/c22-16-3-11-20(12-4-16)30(28,29)26(19-9-7-18(24)8-10-19)14-13-25-21(27)15-1-5-17(23)6-2-15/h1-12H,13-14H2,(H,25,27). The lowest BCUT2D eigenvalue weighted by Crippen LogP contribution is -2.38. The van der Waals surface area contributed by atoms with Gasteiger partial charge in [0, 0.05) is 17.1 Å². The van der Waals surface area contributed by atoms with Crippen molar-refractivity contribution < 1.29 is 22.0 Å². The Hall–Kier alpha value is -2.97. The third-order valence-corrected chi connectivity index (χ3v) is 6.32. The monoisotopic (exact) mass is 450 g/mol. The molecule has 0 aliphatic carbocycles. The second-order valence-corrected chi connectivity index (χ2v) is 8.57. The Morgan fingerprint density at radius 1 is 0.867 bits per heavy atom. The van der Waals surface area contributed by atoms with Crippen molar-refractivity contribution in [2.75, 3.05) is 17.4 Å². The van der Waals surface area contributed by atoms with Crippen molar-refractivity contribution in [2.45, 2.75) is 4.90 Å². The molecular formula is C21H17ClF2N2O3S. The summed E-state index contributed by atoms with van der Waals surface area (Å²) in [7, 11) is -4.00. The second-order valence-electron chi connectivity index (χ2n) is 6.27. The molecule has 30 heavy (non-hydrogen) atoms. The Kier molecular flexibility index (Phi) is 6.69. The van der Waals surface area contributed by atoms with Gasteiger partial charge in [0.25, 0.3) is 15.9 Å². The number of halogens is 3. The number of nitrogens with zero attached hydrogens (tertiary/aromatic N) is 1. The normalized spacial score (nSPS) is 11.2. The summed E-state index contributed by atoms with van der Waals surface area (Å²) in [6.45, 7) is -0.135. The lowest BCUT2D eigenvalue weighted by molar-refractivity contribution is 0.0955. The van der Waals surface area contributed by atoms with E-state index in [4.69, 9.17) is 11.6 Å². The Labute approximate surface area is 178 Å². The zero-order valence-corrected chi connectivity index (χ0v) is 17.1. The molecule has 3 rings (SSSR count). The van der Waals surface area contributed by atoms with Gasteiger partial charge in [0.1, 0.15) is 11.6 Å². The number of carbonyl (C=O) groups excluding carboxylic acids is 1. The van der Waals surface area contributed by atoms with Crippen LogP contribution < -0.4 is 9.62 Å². The van der Waals surface area contributed by atoms with Crippen molar-refractivity contribution in [3.05, 3.63) is 95.0 Å². The van der Waals surface area contributed by atoms with Crippen molar-refractivity contribution >= 4 is 33.2 Å². The van der Waals surface area contributed by atoms with Crippen molar-refractivity contribution in [3.8, 4) is 0 Å². The number of nitrogens with one attached hydrogen (secondary N) is 1. The molecule has 3 aromatic carbocycles. The fraction of sp³-hybridized carbons (Fsp3) is 0.0952. The summed E-state index contributed by atoms with van der Waals surface area (Å²) in [4.78, 5) is 12.2. The molecule has 0 atom stereocenters. The SMILES string of the molecule is O=C(NCCN(c1ccc(F)cc1)S(=O)(=O)c1ccc(Cl)cc1)c1ccc(F)cc1. The predicted molar refractivity (Wildman–Crippen MR) is 111 cm³/mol. The molecule has 156 valence electrons. The van der Waals surface area contributed by atoms with E-state index in [1.165, 1.54) is 48.5 Å². The molecule has 9 heteroatoms. The van der Waals surface area contributed by atoms with Crippen LogP contribution in [-0.4, -0.2) is 27.4 Å². The molecule has 0 radical (unpaired) electrons. The summed E-state index contributed by atoms with van der Waals surface area (Å²) in [6, 6.07) is 15.6. The first-order valence-corrected chi connectivity index (χ1v) is 10.7. The fourth-order valence-electron chi connectivity index (χ4n) is 2.70. The third-order valence-electron chi connectivity index (χ3n) is 4.22. The number of carbonyl (C=O) groups is 1. The Balaban J connectivity index is 1.81. The molecule has 1 amide bonds. The molecule has 0 aliphatic heterocycles. The number of sulfonamides is 1. The first-order valence-electron chi connectivity index (χ1n) is 8.85. The van der Waals surface area contributed by atoms with Gasteiger partial charge in [-0.05, 0) is 72.8 Å². The van der Waals surface area contributed by atoms with Gasteiger partial charge in [0.15, 0.2) is 0 Å². The summed E-state index contributed by atoms with van der Waals surface area (Å²) in [5.74, 6) is -1.45. The van der Waals surface area contributed by atoms with Crippen LogP contribution in [0.25, 0.3) is 0 Å². The molecule has 0 unspecified atom stereocenters. The lowest BCUT2D eigenvalue weighted by atomic mass is 10.2. The molecule has 0 aliphatic rings. The highest BCUT2D eigenvalue weighted by Crippen LogP contribution is 2.24. The molecular weight excluding hydrogens is 434 g/mol. The Morgan fingerprint density at radius 3 is 1.97 bits per heavy atom. The maximum atomic E-state index is 13.3. The quantitative estimate of drug-likeness (QED) is 0.585. The number of hydrogen-bond donors (Lipinski definition) is 1. The van der Waals surface area contributed by atoms with Crippen LogP contribution in [0, 0.1) is 11.6 Å². The molecule has 0 aromatic heterocycles. The van der Waals surface area contributed by atoms with Crippen LogP contribution in [0.2, 0.25) is 5.02 Å². The minimum Gasteiger partial charge on any atom is -0.350 e. The van der Waals surface area contributed by atoms with E-state index < -0.39 is 27.6 Å². The molecule has 0 saturated heterocycles. The second kappa shape index (κ2) is 9.23. The third kappa shape index (κ3) is 5.14. The smallest absolute Gasteiger partial charge is 0.264 e. The highest BCUT2D eigenvalue weighted by Gasteiger charge is 2.25. The van der Waals surface area contributed by atoms with Crippen molar-refractivity contribution in [2.24, 2.45) is 0 Å². The van der Waals surface area contributed by atoms with Crippen molar-refractivity contribution in [1.29, 1.82) is 0 Å². The number of hydrogen-bond acceptors (Lipinski definition) is 3. The van der Waals surface area contributed by atoms with E-state index in [-0.39, 0.29) is 29.2 Å². The number of amides is 1. The van der Waals surface area contributed by atoms with Gasteiger partial charge >= 0.3 is 0 Å². The largest absolute Gasteiger partial charge is 0.350 e.